The number of benzene rings is 2. The third-order valence-corrected chi connectivity index (χ3v) is 4.50. The maximum Gasteiger partial charge on any atom is 0.264 e. The highest BCUT2D eigenvalue weighted by Gasteiger charge is 2.24. The molecule has 0 saturated carbocycles. The first-order chi connectivity index (χ1) is 15.0. The Morgan fingerprint density at radius 3 is 2.58 bits per heavy atom. The number of carbonyl (C=O) groups is 1. The largest absolute Gasteiger partial charge is 0.493 e. The molecule has 0 aliphatic heterocycles. The van der Waals surface area contributed by atoms with Gasteiger partial charge in [-0.1, -0.05) is 29.4 Å². The molecule has 0 bridgehead atoms. The monoisotopic (exact) mass is 423 g/mol. The Hall–Kier alpha value is -3.81. The van der Waals surface area contributed by atoms with Crippen LogP contribution in [0, 0.1) is 0 Å². The van der Waals surface area contributed by atoms with Crippen LogP contribution in [0.4, 0.5) is 0 Å². The Morgan fingerprint density at radius 2 is 1.90 bits per heavy atom. The summed E-state index contributed by atoms with van der Waals surface area (Å²) in [6.45, 7) is 5.88. The maximum atomic E-state index is 12.9. The molecule has 1 amide bonds. The van der Waals surface area contributed by atoms with E-state index in [0.29, 0.717) is 41.1 Å². The van der Waals surface area contributed by atoms with Gasteiger partial charge in [-0.3, -0.25) is 4.79 Å². The van der Waals surface area contributed by atoms with Crippen LogP contribution in [0.15, 0.2) is 65.7 Å². The first-order valence-electron chi connectivity index (χ1n) is 9.72. The fourth-order valence-corrected chi connectivity index (χ4v) is 2.97. The summed E-state index contributed by atoms with van der Waals surface area (Å²) in [5, 5.41) is 4.02. The van der Waals surface area contributed by atoms with Gasteiger partial charge >= 0.3 is 0 Å². The highest BCUT2D eigenvalue weighted by atomic mass is 16.5. The van der Waals surface area contributed by atoms with Gasteiger partial charge in [-0.2, -0.15) is 4.98 Å². The topological polar surface area (TPSA) is 86.9 Å². The van der Waals surface area contributed by atoms with Crippen molar-refractivity contribution in [2.45, 2.75) is 19.6 Å². The molecule has 8 heteroatoms. The smallest absolute Gasteiger partial charge is 0.264 e. The lowest BCUT2D eigenvalue weighted by molar-refractivity contribution is -0.138. The summed E-state index contributed by atoms with van der Waals surface area (Å²) in [5.74, 6) is 2.25. The number of nitrogens with zero attached hydrogens (tertiary/aromatic N) is 3. The first-order valence-corrected chi connectivity index (χ1v) is 9.72. The van der Waals surface area contributed by atoms with Crippen molar-refractivity contribution >= 4 is 5.91 Å². The second kappa shape index (κ2) is 10.3. The van der Waals surface area contributed by atoms with Gasteiger partial charge in [0.1, 0.15) is 12.3 Å². The van der Waals surface area contributed by atoms with Gasteiger partial charge in [-0.25, -0.2) is 0 Å². The fourth-order valence-electron chi connectivity index (χ4n) is 2.97. The Kier molecular flexibility index (Phi) is 7.26. The molecule has 0 fully saturated rings. The van der Waals surface area contributed by atoms with E-state index in [1.54, 1.807) is 62.5 Å². The Balaban J connectivity index is 1.73. The molecule has 1 heterocycles. The van der Waals surface area contributed by atoms with Crippen LogP contribution in [0.5, 0.6) is 17.2 Å². The van der Waals surface area contributed by atoms with Crippen LogP contribution in [0.3, 0.4) is 0 Å². The lowest BCUT2D eigenvalue weighted by atomic mass is 10.2. The van der Waals surface area contributed by atoms with E-state index in [2.05, 4.69) is 16.7 Å². The van der Waals surface area contributed by atoms with Crippen LogP contribution in [0.2, 0.25) is 0 Å². The van der Waals surface area contributed by atoms with Gasteiger partial charge in [0.15, 0.2) is 17.6 Å². The van der Waals surface area contributed by atoms with Gasteiger partial charge < -0.3 is 23.6 Å². The molecule has 0 spiro atoms. The molecule has 0 aliphatic carbocycles. The summed E-state index contributed by atoms with van der Waals surface area (Å²) in [5.41, 5.74) is 0.704. The number of hydrogen-bond acceptors (Lipinski definition) is 7. The van der Waals surface area contributed by atoms with Crippen LogP contribution < -0.4 is 14.2 Å². The molecule has 3 rings (SSSR count). The summed E-state index contributed by atoms with van der Waals surface area (Å²) >= 11 is 0. The summed E-state index contributed by atoms with van der Waals surface area (Å²) < 4.78 is 21.7. The maximum absolute atomic E-state index is 12.9. The third kappa shape index (κ3) is 5.42. The molecule has 0 saturated heterocycles. The van der Waals surface area contributed by atoms with Crippen molar-refractivity contribution in [3.63, 3.8) is 0 Å². The van der Waals surface area contributed by atoms with E-state index < -0.39 is 6.10 Å². The zero-order valence-corrected chi connectivity index (χ0v) is 17.8. The van der Waals surface area contributed by atoms with E-state index in [0.717, 1.165) is 0 Å². The van der Waals surface area contributed by atoms with Gasteiger partial charge in [0.05, 0.1) is 14.2 Å². The van der Waals surface area contributed by atoms with Crippen LogP contribution >= 0.6 is 0 Å². The predicted molar refractivity (Wildman–Crippen MR) is 115 cm³/mol. The average Bonchev–Trinajstić information content (AvgIpc) is 3.27. The Labute approximate surface area is 181 Å². The Bertz CT molecular complexity index is 1020. The normalized spacial score (nSPS) is 11.5. The molecule has 0 N–H and O–H groups in total. The first kappa shape index (κ1) is 21.9. The molecule has 1 aromatic heterocycles. The quantitative estimate of drug-likeness (QED) is 0.459. The van der Waals surface area contributed by atoms with Gasteiger partial charge in [-0.05, 0) is 37.3 Å². The van der Waals surface area contributed by atoms with Crippen molar-refractivity contribution in [3.05, 3.63) is 67.1 Å². The van der Waals surface area contributed by atoms with Gasteiger partial charge in [0.25, 0.3) is 5.91 Å². The minimum atomic E-state index is -0.685. The molecule has 8 nitrogen and oxygen atoms in total. The summed E-state index contributed by atoms with van der Waals surface area (Å²) in [4.78, 5) is 18.9. The zero-order chi connectivity index (χ0) is 22.2. The highest BCUT2D eigenvalue weighted by molar-refractivity contribution is 5.81. The molecule has 3 aromatic rings. The number of ether oxygens (including phenoxy) is 3. The molecule has 0 radical (unpaired) electrons. The van der Waals surface area contributed by atoms with Gasteiger partial charge in [0.2, 0.25) is 11.7 Å². The van der Waals surface area contributed by atoms with E-state index in [1.165, 1.54) is 0 Å². The van der Waals surface area contributed by atoms with Crippen molar-refractivity contribution in [2.75, 3.05) is 20.8 Å². The second-order valence-electron chi connectivity index (χ2n) is 6.66. The van der Waals surface area contributed by atoms with E-state index in [1.807, 2.05) is 18.2 Å². The lowest BCUT2D eigenvalue weighted by Crippen LogP contribution is -2.40. The van der Waals surface area contributed by atoms with Crippen molar-refractivity contribution in [1.82, 2.24) is 15.0 Å². The Morgan fingerprint density at radius 1 is 1.16 bits per heavy atom. The summed E-state index contributed by atoms with van der Waals surface area (Å²) in [7, 11) is 3.12. The van der Waals surface area contributed by atoms with E-state index in [-0.39, 0.29) is 12.5 Å². The molecule has 1 atom stereocenters. The van der Waals surface area contributed by atoms with Gasteiger partial charge in [0, 0.05) is 12.1 Å². The zero-order valence-electron chi connectivity index (χ0n) is 17.8. The van der Waals surface area contributed by atoms with Crippen molar-refractivity contribution in [3.8, 4) is 28.6 Å². The molecule has 31 heavy (non-hydrogen) atoms. The van der Waals surface area contributed by atoms with Crippen LogP contribution in [-0.4, -0.2) is 47.8 Å². The van der Waals surface area contributed by atoms with Gasteiger partial charge in [-0.15, -0.1) is 6.58 Å². The minimum Gasteiger partial charge on any atom is -0.493 e. The SMILES string of the molecule is C=CCN(Cc1nc(-c2ccc(OC)c(OC)c2)no1)C(=O)[C@H](C)Oc1ccccc1. The van der Waals surface area contributed by atoms with Crippen LogP contribution in [0.25, 0.3) is 11.4 Å². The number of amides is 1. The van der Waals surface area contributed by atoms with E-state index >= 15 is 0 Å². The molecule has 162 valence electrons. The van der Waals surface area contributed by atoms with Crippen molar-refractivity contribution in [1.29, 1.82) is 0 Å². The molecular formula is C23H25N3O5. The molecular weight excluding hydrogens is 398 g/mol. The minimum absolute atomic E-state index is 0.133. The van der Waals surface area contributed by atoms with E-state index in [4.69, 9.17) is 18.7 Å². The molecule has 2 aromatic carbocycles. The number of methoxy groups -OCH3 is 2. The standard InChI is InChI=1S/C23H25N3O5/c1-5-13-26(23(27)16(2)30-18-9-7-6-8-10-18)15-21-24-22(25-31-21)17-11-12-19(28-3)20(14-17)29-4/h5-12,14,16H,1,13,15H2,2-4H3/t16-/m0/s1. The average molecular weight is 423 g/mol. The number of aromatic nitrogens is 2. The van der Waals surface area contributed by atoms with Crippen molar-refractivity contribution in [2.24, 2.45) is 0 Å². The molecule has 0 unspecified atom stereocenters. The second-order valence-corrected chi connectivity index (χ2v) is 6.66. The van der Waals surface area contributed by atoms with E-state index in [9.17, 15) is 4.79 Å². The predicted octanol–water partition coefficient (Wildman–Crippen LogP) is 3.74. The fraction of sp³-hybridized carbons (Fsp3) is 0.261. The lowest BCUT2D eigenvalue weighted by Gasteiger charge is -2.23. The summed E-state index contributed by atoms with van der Waals surface area (Å²) in [6.07, 6.45) is 0.953. The summed E-state index contributed by atoms with van der Waals surface area (Å²) in [6, 6.07) is 14.5. The number of hydrogen-bond donors (Lipinski definition) is 0. The third-order valence-electron chi connectivity index (χ3n) is 4.50. The molecule has 0 aliphatic rings. The number of para-hydroxylation sites is 1. The van der Waals surface area contributed by atoms with Crippen molar-refractivity contribution < 1.29 is 23.5 Å². The van der Waals surface area contributed by atoms with Crippen LogP contribution in [0.1, 0.15) is 12.8 Å². The number of rotatable bonds is 10. The highest BCUT2D eigenvalue weighted by Crippen LogP contribution is 2.31. The van der Waals surface area contributed by atoms with Crippen LogP contribution in [-0.2, 0) is 11.3 Å². The number of carbonyl (C=O) groups excluding carboxylic acids is 1.